The van der Waals surface area contributed by atoms with Gasteiger partial charge in [-0.15, -0.1) is 0 Å². The molecule has 1 heterocycles. The van der Waals surface area contributed by atoms with Gasteiger partial charge in [-0.3, -0.25) is 0 Å². The van der Waals surface area contributed by atoms with E-state index in [2.05, 4.69) is 10.3 Å². The van der Waals surface area contributed by atoms with Crippen molar-refractivity contribution in [3.63, 3.8) is 0 Å². The van der Waals surface area contributed by atoms with Gasteiger partial charge in [-0.2, -0.15) is 0 Å². The van der Waals surface area contributed by atoms with Gasteiger partial charge in [0.2, 0.25) is 0 Å². The lowest BCUT2D eigenvalue weighted by molar-refractivity contribution is 0.0644. The average Bonchev–Trinajstić information content (AvgIpc) is 2.57. The molecule has 1 rings (SSSR count). The fourth-order valence-electron chi connectivity index (χ4n) is 1.10. The standard InChI is InChI=1S/C9H16N2O2/c1-13-7-9(12)6-11-5-8-2-3-10-4-8/h2-4,9-12H,5-7H2,1H3. The Morgan fingerprint density at radius 3 is 3.15 bits per heavy atom. The third kappa shape index (κ3) is 4.07. The molecule has 1 aromatic rings. The zero-order valence-electron chi connectivity index (χ0n) is 7.79. The van der Waals surface area contributed by atoms with E-state index in [1.807, 2.05) is 18.5 Å². The minimum Gasteiger partial charge on any atom is -0.389 e. The second kappa shape index (κ2) is 5.75. The molecule has 0 fully saturated rings. The molecular weight excluding hydrogens is 168 g/mol. The molecule has 1 atom stereocenters. The Bertz CT molecular complexity index is 211. The maximum absolute atomic E-state index is 9.28. The lowest BCUT2D eigenvalue weighted by atomic mass is 10.3. The molecule has 0 saturated carbocycles. The van der Waals surface area contributed by atoms with Gasteiger partial charge >= 0.3 is 0 Å². The van der Waals surface area contributed by atoms with Crippen molar-refractivity contribution in [2.24, 2.45) is 0 Å². The Morgan fingerprint density at radius 2 is 2.54 bits per heavy atom. The second-order valence-corrected chi connectivity index (χ2v) is 2.96. The van der Waals surface area contributed by atoms with Crippen molar-refractivity contribution in [1.82, 2.24) is 10.3 Å². The first-order chi connectivity index (χ1) is 6.33. The van der Waals surface area contributed by atoms with Crippen LogP contribution in [0.2, 0.25) is 0 Å². The summed E-state index contributed by atoms with van der Waals surface area (Å²) in [5, 5.41) is 12.4. The van der Waals surface area contributed by atoms with Crippen LogP contribution in [0, 0.1) is 0 Å². The van der Waals surface area contributed by atoms with E-state index in [4.69, 9.17) is 4.74 Å². The van der Waals surface area contributed by atoms with Gasteiger partial charge in [-0.25, -0.2) is 0 Å². The molecule has 74 valence electrons. The first kappa shape index (κ1) is 10.2. The largest absolute Gasteiger partial charge is 0.389 e. The van der Waals surface area contributed by atoms with E-state index < -0.39 is 6.10 Å². The molecule has 0 bridgehead atoms. The third-order valence-corrected chi connectivity index (χ3v) is 1.73. The maximum atomic E-state index is 9.28. The fourth-order valence-corrected chi connectivity index (χ4v) is 1.10. The molecule has 0 aliphatic rings. The maximum Gasteiger partial charge on any atom is 0.0897 e. The number of aliphatic hydroxyl groups is 1. The van der Waals surface area contributed by atoms with Gasteiger partial charge in [0.1, 0.15) is 0 Å². The predicted octanol–water partition coefficient (Wildman–Crippen LogP) is 0.112. The molecule has 0 amide bonds. The van der Waals surface area contributed by atoms with Crippen LogP contribution in [0.4, 0.5) is 0 Å². The minimum absolute atomic E-state index is 0.375. The van der Waals surface area contributed by atoms with Crippen molar-refractivity contribution in [1.29, 1.82) is 0 Å². The Morgan fingerprint density at radius 1 is 1.69 bits per heavy atom. The highest BCUT2D eigenvalue weighted by Crippen LogP contribution is 1.94. The van der Waals surface area contributed by atoms with E-state index >= 15 is 0 Å². The zero-order chi connectivity index (χ0) is 9.52. The van der Waals surface area contributed by atoms with E-state index in [9.17, 15) is 5.11 Å². The number of aliphatic hydroxyl groups excluding tert-OH is 1. The summed E-state index contributed by atoms with van der Waals surface area (Å²) >= 11 is 0. The highest BCUT2D eigenvalue weighted by Gasteiger charge is 2.01. The molecule has 0 aliphatic carbocycles. The normalized spacial score (nSPS) is 13.1. The van der Waals surface area contributed by atoms with Gasteiger partial charge < -0.3 is 20.1 Å². The van der Waals surface area contributed by atoms with Crippen LogP contribution >= 0.6 is 0 Å². The van der Waals surface area contributed by atoms with Gasteiger partial charge in [-0.05, 0) is 11.6 Å². The molecule has 0 radical (unpaired) electrons. The fraction of sp³-hybridized carbons (Fsp3) is 0.556. The Balaban J connectivity index is 2.07. The summed E-state index contributed by atoms with van der Waals surface area (Å²) in [6.45, 7) is 1.70. The number of ether oxygens (including phenoxy) is 1. The molecule has 0 saturated heterocycles. The van der Waals surface area contributed by atoms with E-state index in [-0.39, 0.29) is 0 Å². The Hall–Kier alpha value is -0.840. The third-order valence-electron chi connectivity index (χ3n) is 1.73. The summed E-state index contributed by atoms with van der Waals surface area (Å²) in [5.74, 6) is 0. The topological polar surface area (TPSA) is 57.3 Å². The molecule has 1 unspecified atom stereocenters. The zero-order valence-corrected chi connectivity index (χ0v) is 7.79. The van der Waals surface area contributed by atoms with Gasteiger partial charge in [0.25, 0.3) is 0 Å². The highest BCUT2D eigenvalue weighted by molar-refractivity contribution is 5.07. The molecule has 13 heavy (non-hydrogen) atoms. The van der Waals surface area contributed by atoms with E-state index in [0.717, 1.165) is 6.54 Å². The molecule has 0 aromatic carbocycles. The quantitative estimate of drug-likeness (QED) is 0.588. The van der Waals surface area contributed by atoms with E-state index in [1.54, 1.807) is 7.11 Å². The molecule has 3 N–H and O–H groups in total. The van der Waals surface area contributed by atoms with Gasteiger partial charge in [0.15, 0.2) is 0 Å². The Labute approximate surface area is 77.9 Å². The summed E-state index contributed by atoms with van der Waals surface area (Å²) < 4.78 is 4.80. The Kier molecular flexibility index (Phi) is 4.53. The summed E-state index contributed by atoms with van der Waals surface area (Å²) in [6.07, 6.45) is 3.38. The number of H-pyrrole nitrogens is 1. The lowest BCUT2D eigenvalue weighted by Gasteiger charge is -2.09. The van der Waals surface area contributed by atoms with Crippen LogP contribution in [0.25, 0.3) is 0 Å². The first-order valence-corrected chi connectivity index (χ1v) is 4.32. The summed E-state index contributed by atoms with van der Waals surface area (Å²) in [5.41, 5.74) is 1.18. The van der Waals surface area contributed by atoms with Gasteiger partial charge in [-0.1, -0.05) is 0 Å². The van der Waals surface area contributed by atoms with Crippen LogP contribution in [0.5, 0.6) is 0 Å². The average molecular weight is 184 g/mol. The van der Waals surface area contributed by atoms with Crippen molar-refractivity contribution in [3.05, 3.63) is 24.0 Å². The number of aromatic amines is 1. The number of aromatic nitrogens is 1. The van der Waals surface area contributed by atoms with Crippen molar-refractivity contribution in [2.75, 3.05) is 20.3 Å². The number of hydrogen-bond donors (Lipinski definition) is 3. The first-order valence-electron chi connectivity index (χ1n) is 4.32. The highest BCUT2D eigenvalue weighted by atomic mass is 16.5. The number of methoxy groups -OCH3 is 1. The van der Waals surface area contributed by atoms with Crippen LogP contribution in [-0.4, -0.2) is 36.5 Å². The van der Waals surface area contributed by atoms with Gasteiger partial charge in [0.05, 0.1) is 12.7 Å². The van der Waals surface area contributed by atoms with Crippen molar-refractivity contribution < 1.29 is 9.84 Å². The van der Waals surface area contributed by atoms with Crippen molar-refractivity contribution >= 4 is 0 Å². The molecule has 0 aliphatic heterocycles. The van der Waals surface area contributed by atoms with Crippen LogP contribution in [0.3, 0.4) is 0 Å². The van der Waals surface area contributed by atoms with Crippen LogP contribution in [0.1, 0.15) is 5.56 Å². The summed E-state index contributed by atoms with van der Waals surface area (Å²) in [6, 6.07) is 2.00. The SMILES string of the molecule is COCC(O)CNCc1cc[nH]c1. The summed E-state index contributed by atoms with van der Waals surface area (Å²) in [4.78, 5) is 2.97. The van der Waals surface area contributed by atoms with Crippen LogP contribution in [0.15, 0.2) is 18.5 Å². The van der Waals surface area contributed by atoms with Crippen molar-refractivity contribution in [2.45, 2.75) is 12.6 Å². The van der Waals surface area contributed by atoms with Gasteiger partial charge in [0, 0.05) is 32.6 Å². The number of rotatable bonds is 6. The number of hydrogen-bond acceptors (Lipinski definition) is 3. The summed E-state index contributed by atoms with van der Waals surface area (Å²) in [7, 11) is 1.58. The predicted molar refractivity (Wildman–Crippen MR) is 50.4 cm³/mol. The monoisotopic (exact) mass is 184 g/mol. The molecule has 1 aromatic heterocycles. The lowest BCUT2D eigenvalue weighted by Crippen LogP contribution is -2.29. The molecule has 4 nitrogen and oxygen atoms in total. The smallest absolute Gasteiger partial charge is 0.0897 e. The van der Waals surface area contributed by atoms with E-state index in [0.29, 0.717) is 13.2 Å². The number of nitrogens with one attached hydrogen (secondary N) is 2. The van der Waals surface area contributed by atoms with Crippen LogP contribution < -0.4 is 5.32 Å². The molecular formula is C9H16N2O2. The molecule has 0 spiro atoms. The van der Waals surface area contributed by atoms with Crippen molar-refractivity contribution in [3.8, 4) is 0 Å². The molecule has 4 heteroatoms. The minimum atomic E-state index is -0.427. The second-order valence-electron chi connectivity index (χ2n) is 2.96. The van der Waals surface area contributed by atoms with Crippen LogP contribution in [-0.2, 0) is 11.3 Å². The van der Waals surface area contributed by atoms with E-state index in [1.165, 1.54) is 5.56 Å².